The Morgan fingerprint density at radius 3 is 1.79 bits per heavy atom. The maximum atomic E-state index is 6.72. The first-order chi connectivity index (χ1) is 15.6. The summed E-state index contributed by atoms with van der Waals surface area (Å²) >= 11 is 0. The molecule has 0 saturated carbocycles. The minimum Gasteiger partial charge on any atom is -0.372 e. The van der Waals surface area contributed by atoms with E-state index in [4.69, 9.17) is 23.7 Å². The van der Waals surface area contributed by atoms with Crippen LogP contribution in [0.25, 0.3) is 0 Å². The first kappa shape index (κ1) is 27.4. The maximum Gasteiger partial charge on any atom is 0.161 e. The quantitative estimate of drug-likeness (QED) is 0.431. The van der Waals surface area contributed by atoms with E-state index in [1.165, 1.54) is 0 Å². The molecule has 3 fully saturated rings. The molecule has 0 aromatic carbocycles. The largest absolute Gasteiger partial charge is 0.372 e. The Bertz CT molecular complexity index is 595. The Balaban J connectivity index is 1.66. The molecule has 7 unspecified atom stereocenters. The average Bonchev–Trinajstić information content (AvgIpc) is 2.80. The zero-order valence-corrected chi connectivity index (χ0v) is 23.0. The van der Waals surface area contributed by atoms with Crippen LogP contribution in [-0.4, -0.2) is 49.2 Å². The van der Waals surface area contributed by atoms with Crippen molar-refractivity contribution in [2.24, 2.45) is 35.5 Å². The predicted molar refractivity (Wildman–Crippen MR) is 132 cm³/mol. The molecule has 14 atom stereocenters. The van der Waals surface area contributed by atoms with Gasteiger partial charge in [-0.2, -0.15) is 0 Å². The summed E-state index contributed by atoms with van der Waals surface area (Å²) in [5.74, 6) is 2.76. The van der Waals surface area contributed by atoms with E-state index in [1.807, 2.05) is 0 Å². The van der Waals surface area contributed by atoms with Gasteiger partial charge in [-0.15, -0.1) is 0 Å². The molecule has 0 radical (unpaired) electrons. The van der Waals surface area contributed by atoms with Gasteiger partial charge in [0.15, 0.2) is 12.6 Å². The lowest BCUT2D eigenvalue weighted by Gasteiger charge is -2.49. The van der Waals surface area contributed by atoms with Crippen molar-refractivity contribution in [1.29, 1.82) is 0 Å². The predicted octanol–water partition coefficient (Wildman–Crippen LogP) is 6.43. The van der Waals surface area contributed by atoms with Crippen LogP contribution >= 0.6 is 0 Å². The van der Waals surface area contributed by atoms with Gasteiger partial charge in [0.2, 0.25) is 0 Å². The van der Waals surface area contributed by atoms with Crippen LogP contribution < -0.4 is 0 Å². The van der Waals surface area contributed by atoms with E-state index in [9.17, 15) is 0 Å². The normalized spacial score (nSPS) is 51.5. The van der Waals surface area contributed by atoms with Crippen molar-refractivity contribution in [3.8, 4) is 0 Å². The molecule has 0 aromatic rings. The summed E-state index contributed by atoms with van der Waals surface area (Å²) in [6.07, 6.45) is 4.14. The van der Waals surface area contributed by atoms with Crippen LogP contribution in [0, 0.1) is 35.5 Å². The summed E-state index contributed by atoms with van der Waals surface area (Å²) in [7, 11) is 0. The molecule has 0 N–H and O–H groups in total. The van der Waals surface area contributed by atoms with Gasteiger partial charge in [0.25, 0.3) is 0 Å². The highest BCUT2D eigenvalue weighted by Crippen LogP contribution is 2.41. The molecular formula is C28H52O5. The highest BCUT2D eigenvalue weighted by molar-refractivity contribution is 4.90. The molecule has 0 aliphatic carbocycles. The topological polar surface area (TPSA) is 46.2 Å². The van der Waals surface area contributed by atoms with E-state index < -0.39 is 0 Å². The molecule has 5 heteroatoms. The molecule has 3 heterocycles. The van der Waals surface area contributed by atoms with E-state index >= 15 is 0 Å². The van der Waals surface area contributed by atoms with Gasteiger partial charge in [-0.25, -0.2) is 0 Å². The molecule has 0 bridgehead atoms. The number of hydrogen-bond donors (Lipinski definition) is 0. The molecule has 3 aliphatic heterocycles. The maximum absolute atomic E-state index is 6.72. The van der Waals surface area contributed by atoms with E-state index in [2.05, 4.69) is 69.2 Å². The first-order valence-corrected chi connectivity index (χ1v) is 13.9. The van der Waals surface area contributed by atoms with E-state index in [0.29, 0.717) is 35.5 Å². The Morgan fingerprint density at radius 1 is 0.576 bits per heavy atom. The van der Waals surface area contributed by atoms with Crippen molar-refractivity contribution in [2.45, 2.75) is 144 Å². The Labute approximate surface area is 203 Å². The van der Waals surface area contributed by atoms with Gasteiger partial charge in [-0.3, -0.25) is 0 Å². The van der Waals surface area contributed by atoms with Crippen molar-refractivity contribution in [3.63, 3.8) is 0 Å². The SMILES string of the molecule is CCC1OC(O[C@H]2C(CC)OC(O[C@H]3C(CC)O[C@@H](C)C(C)[C@H]3C)C[C@H]2C)C(C)[C@@H](C)[C@H]1C. The summed E-state index contributed by atoms with van der Waals surface area (Å²) in [5.41, 5.74) is 0. The van der Waals surface area contributed by atoms with E-state index in [0.717, 1.165) is 25.7 Å². The fourth-order valence-electron chi connectivity index (χ4n) is 6.29. The highest BCUT2D eigenvalue weighted by Gasteiger charge is 2.46. The lowest BCUT2D eigenvalue weighted by molar-refractivity contribution is -0.326. The second kappa shape index (κ2) is 11.7. The van der Waals surface area contributed by atoms with Crippen molar-refractivity contribution >= 4 is 0 Å². The zero-order valence-electron chi connectivity index (χ0n) is 23.0. The Kier molecular flexibility index (Phi) is 9.70. The summed E-state index contributed by atoms with van der Waals surface area (Å²) in [6, 6.07) is 0. The Hall–Kier alpha value is -0.200. The van der Waals surface area contributed by atoms with Gasteiger partial charge < -0.3 is 23.7 Å². The van der Waals surface area contributed by atoms with E-state index in [1.54, 1.807) is 0 Å². The second-order valence-corrected chi connectivity index (χ2v) is 11.5. The zero-order chi connectivity index (χ0) is 24.4. The Morgan fingerprint density at radius 2 is 1.18 bits per heavy atom. The smallest absolute Gasteiger partial charge is 0.161 e. The fourth-order valence-corrected chi connectivity index (χ4v) is 6.29. The van der Waals surface area contributed by atoms with Crippen LogP contribution in [0.5, 0.6) is 0 Å². The molecule has 3 aliphatic rings. The molecule has 3 saturated heterocycles. The monoisotopic (exact) mass is 468 g/mol. The second-order valence-electron chi connectivity index (χ2n) is 11.5. The van der Waals surface area contributed by atoms with Gasteiger partial charge in [0.05, 0.1) is 36.6 Å². The molecular weight excluding hydrogens is 416 g/mol. The lowest BCUT2D eigenvalue weighted by atomic mass is 9.78. The van der Waals surface area contributed by atoms with Crippen molar-refractivity contribution in [3.05, 3.63) is 0 Å². The molecule has 5 nitrogen and oxygen atoms in total. The third-order valence-corrected chi connectivity index (χ3v) is 9.45. The standard InChI is InChI=1S/C28H52O5/c1-11-22-18(7)16(5)20(9)28(31-22)33-26-15(4)14-25(30-23(26)12-2)32-27-19(8)17(6)21(10)29-24(27)13-3/h15-28H,11-14H2,1-10H3/t15-,16+,17?,18-,19-,20?,21+,22?,23?,24?,25?,26-,27-,28?/m1/s1. The lowest BCUT2D eigenvalue weighted by Crippen LogP contribution is -2.55. The number of rotatable bonds is 7. The fraction of sp³-hybridized carbons (Fsp3) is 1.00. The van der Waals surface area contributed by atoms with Crippen molar-refractivity contribution < 1.29 is 23.7 Å². The van der Waals surface area contributed by atoms with Crippen molar-refractivity contribution in [2.75, 3.05) is 0 Å². The molecule has 3 rings (SSSR count). The summed E-state index contributed by atoms with van der Waals surface area (Å²) in [4.78, 5) is 0. The molecule has 0 spiro atoms. The average molecular weight is 469 g/mol. The molecule has 0 amide bonds. The van der Waals surface area contributed by atoms with E-state index in [-0.39, 0.29) is 49.2 Å². The third kappa shape index (κ3) is 5.80. The number of hydrogen-bond acceptors (Lipinski definition) is 5. The van der Waals surface area contributed by atoms with Gasteiger partial charge in [0.1, 0.15) is 0 Å². The van der Waals surface area contributed by atoms with Gasteiger partial charge in [-0.05, 0) is 55.8 Å². The molecule has 33 heavy (non-hydrogen) atoms. The van der Waals surface area contributed by atoms with Crippen LogP contribution in [-0.2, 0) is 23.7 Å². The summed E-state index contributed by atoms with van der Waals surface area (Å²) in [6.45, 7) is 22.6. The minimum absolute atomic E-state index is 0.0144. The van der Waals surface area contributed by atoms with Crippen LogP contribution in [0.2, 0.25) is 0 Å². The minimum atomic E-state index is -0.206. The van der Waals surface area contributed by atoms with Crippen LogP contribution in [0.15, 0.2) is 0 Å². The van der Waals surface area contributed by atoms with Crippen molar-refractivity contribution in [1.82, 2.24) is 0 Å². The summed E-state index contributed by atoms with van der Waals surface area (Å²) < 4.78 is 32.7. The number of ether oxygens (including phenoxy) is 5. The van der Waals surface area contributed by atoms with Crippen LogP contribution in [0.4, 0.5) is 0 Å². The van der Waals surface area contributed by atoms with Gasteiger partial charge in [-0.1, -0.05) is 62.3 Å². The molecule has 0 aromatic heterocycles. The highest BCUT2D eigenvalue weighted by atomic mass is 16.7. The third-order valence-electron chi connectivity index (χ3n) is 9.45. The van der Waals surface area contributed by atoms with Crippen LogP contribution in [0.1, 0.15) is 94.9 Å². The molecule has 194 valence electrons. The van der Waals surface area contributed by atoms with Gasteiger partial charge in [0, 0.05) is 12.3 Å². The first-order valence-electron chi connectivity index (χ1n) is 13.9. The van der Waals surface area contributed by atoms with Crippen LogP contribution in [0.3, 0.4) is 0 Å². The van der Waals surface area contributed by atoms with Gasteiger partial charge >= 0.3 is 0 Å². The summed E-state index contributed by atoms with van der Waals surface area (Å²) in [5, 5.41) is 0.